The molecule has 1 atom stereocenters. The van der Waals surface area contributed by atoms with Crippen LogP contribution in [0.5, 0.6) is 5.75 Å². The third-order valence-corrected chi connectivity index (χ3v) is 3.29. The molecule has 1 aromatic carbocycles. The van der Waals surface area contributed by atoms with E-state index in [4.69, 9.17) is 15.2 Å². The van der Waals surface area contributed by atoms with E-state index in [2.05, 4.69) is 12.1 Å². The number of nitrogens with two attached hydrogens (primary N) is 1. The number of hydrogen-bond donors (Lipinski definition) is 1. The molecule has 106 valence electrons. The van der Waals surface area contributed by atoms with Crippen molar-refractivity contribution in [1.82, 2.24) is 0 Å². The van der Waals surface area contributed by atoms with Crippen molar-refractivity contribution in [3.8, 4) is 5.75 Å². The van der Waals surface area contributed by atoms with Crippen LogP contribution in [0, 0.1) is 5.92 Å². The fourth-order valence-corrected chi connectivity index (χ4v) is 2.15. The van der Waals surface area contributed by atoms with E-state index in [0.717, 1.165) is 24.7 Å². The van der Waals surface area contributed by atoms with Gasteiger partial charge in [-0.05, 0) is 62.3 Å². The predicted molar refractivity (Wildman–Crippen MR) is 77.3 cm³/mol. The van der Waals surface area contributed by atoms with Crippen LogP contribution < -0.4 is 10.5 Å². The molecule has 1 fully saturated rings. The first-order valence-electron chi connectivity index (χ1n) is 7.27. The summed E-state index contributed by atoms with van der Waals surface area (Å²) in [7, 11) is 0. The molecule has 1 unspecified atom stereocenters. The van der Waals surface area contributed by atoms with Gasteiger partial charge in [0.1, 0.15) is 5.75 Å². The molecular weight excluding hydrogens is 238 g/mol. The van der Waals surface area contributed by atoms with Crippen molar-refractivity contribution in [2.75, 3.05) is 13.2 Å². The normalized spacial score (nSPS) is 16.4. The van der Waals surface area contributed by atoms with Crippen molar-refractivity contribution in [3.63, 3.8) is 0 Å². The summed E-state index contributed by atoms with van der Waals surface area (Å²) in [6, 6.07) is 6.43. The highest BCUT2D eigenvalue weighted by molar-refractivity contribution is 5.37. The van der Waals surface area contributed by atoms with Crippen molar-refractivity contribution in [2.45, 2.75) is 45.8 Å². The number of ether oxygens (including phenoxy) is 2. The lowest BCUT2D eigenvalue weighted by atomic mass is 10.0. The highest BCUT2D eigenvalue weighted by atomic mass is 16.5. The molecule has 1 aliphatic carbocycles. The number of benzene rings is 1. The van der Waals surface area contributed by atoms with Crippen LogP contribution in [0.25, 0.3) is 0 Å². The Kier molecular flexibility index (Phi) is 5.23. The van der Waals surface area contributed by atoms with Gasteiger partial charge in [0.15, 0.2) is 0 Å². The first-order chi connectivity index (χ1) is 9.19. The largest absolute Gasteiger partial charge is 0.494 e. The third-order valence-electron chi connectivity index (χ3n) is 3.29. The van der Waals surface area contributed by atoms with Crippen LogP contribution in [0.4, 0.5) is 0 Å². The Labute approximate surface area is 116 Å². The molecule has 0 amide bonds. The van der Waals surface area contributed by atoms with Crippen LogP contribution in [-0.2, 0) is 17.8 Å². The molecule has 3 heteroatoms. The van der Waals surface area contributed by atoms with E-state index in [-0.39, 0.29) is 6.04 Å². The van der Waals surface area contributed by atoms with E-state index >= 15 is 0 Å². The molecule has 2 rings (SSSR count). The van der Waals surface area contributed by atoms with Crippen molar-refractivity contribution in [2.24, 2.45) is 11.7 Å². The molecule has 3 nitrogen and oxygen atoms in total. The van der Waals surface area contributed by atoms with E-state index in [9.17, 15) is 0 Å². The van der Waals surface area contributed by atoms with E-state index in [1.807, 2.05) is 19.9 Å². The summed E-state index contributed by atoms with van der Waals surface area (Å²) in [5, 5.41) is 0. The summed E-state index contributed by atoms with van der Waals surface area (Å²) >= 11 is 0. The lowest BCUT2D eigenvalue weighted by Gasteiger charge is -2.14. The predicted octanol–water partition coefficient (Wildman–Crippen LogP) is 2.90. The van der Waals surface area contributed by atoms with Crippen LogP contribution in [0.2, 0.25) is 0 Å². The Bertz CT molecular complexity index is 400. The summed E-state index contributed by atoms with van der Waals surface area (Å²) < 4.78 is 11.4. The van der Waals surface area contributed by atoms with Gasteiger partial charge in [-0.3, -0.25) is 0 Å². The molecular formula is C16H25NO2. The zero-order chi connectivity index (χ0) is 13.7. The van der Waals surface area contributed by atoms with Gasteiger partial charge in [-0.1, -0.05) is 6.07 Å². The van der Waals surface area contributed by atoms with Gasteiger partial charge in [0.2, 0.25) is 0 Å². The summed E-state index contributed by atoms with van der Waals surface area (Å²) in [5.74, 6) is 1.76. The Balaban J connectivity index is 1.97. The van der Waals surface area contributed by atoms with Gasteiger partial charge < -0.3 is 15.2 Å². The van der Waals surface area contributed by atoms with Crippen LogP contribution >= 0.6 is 0 Å². The SMILES string of the molecule is CCOc1ccc(COCC2CC2)cc1CC(C)N. The Morgan fingerprint density at radius 3 is 2.79 bits per heavy atom. The lowest BCUT2D eigenvalue weighted by molar-refractivity contribution is 0.111. The second-order valence-electron chi connectivity index (χ2n) is 5.51. The highest BCUT2D eigenvalue weighted by Crippen LogP contribution is 2.29. The second kappa shape index (κ2) is 6.92. The van der Waals surface area contributed by atoms with Gasteiger partial charge in [-0.2, -0.15) is 0 Å². The molecule has 0 spiro atoms. The van der Waals surface area contributed by atoms with Crippen LogP contribution in [0.3, 0.4) is 0 Å². The minimum Gasteiger partial charge on any atom is -0.494 e. The van der Waals surface area contributed by atoms with Gasteiger partial charge in [0, 0.05) is 12.6 Å². The molecule has 0 aromatic heterocycles. The van der Waals surface area contributed by atoms with Crippen LogP contribution in [0.15, 0.2) is 18.2 Å². The Morgan fingerprint density at radius 2 is 2.16 bits per heavy atom. The van der Waals surface area contributed by atoms with E-state index in [1.165, 1.54) is 24.0 Å². The standard InChI is InChI=1S/C16H25NO2/c1-3-19-16-7-6-14(9-15(16)8-12(2)17)11-18-10-13-4-5-13/h6-7,9,12-13H,3-5,8,10-11,17H2,1-2H3. The fraction of sp³-hybridized carbons (Fsp3) is 0.625. The maximum Gasteiger partial charge on any atom is 0.122 e. The zero-order valence-electron chi connectivity index (χ0n) is 12.0. The van der Waals surface area contributed by atoms with Crippen molar-refractivity contribution in [3.05, 3.63) is 29.3 Å². The molecule has 0 aliphatic heterocycles. The first-order valence-corrected chi connectivity index (χ1v) is 7.27. The third kappa shape index (κ3) is 4.84. The van der Waals surface area contributed by atoms with Gasteiger partial charge in [-0.25, -0.2) is 0 Å². The van der Waals surface area contributed by atoms with Crippen molar-refractivity contribution < 1.29 is 9.47 Å². The van der Waals surface area contributed by atoms with Crippen molar-refractivity contribution in [1.29, 1.82) is 0 Å². The van der Waals surface area contributed by atoms with Crippen molar-refractivity contribution >= 4 is 0 Å². The monoisotopic (exact) mass is 263 g/mol. The molecule has 19 heavy (non-hydrogen) atoms. The maximum atomic E-state index is 5.90. The molecule has 1 saturated carbocycles. The van der Waals surface area contributed by atoms with Gasteiger partial charge in [0.05, 0.1) is 13.2 Å². The highest BCUT2D eigenvalue weighted by Gasteiger charge is 2.21. The summed E-state index contributed by atoms with van der Waals surface area (Å²) in [6.45, 7) is 6.29. The Morgan fingerprint density at radius 1 is 1.37 bits per heavy atom. The average molecular weight is 263 g/mol. The van der Waals surface area contributed by atoms with Crippen LogP contribution in [-0.4, -0.2) is 19.3 Å². The maximum absolute atomic E-state index is 5.90. The topological polar surface area (TPSA) is 44.5 Å². The molecule has 0 radical (unpaired) electrons. The quantitative estimate of drug-likeness (QED) is 0.784. The minimum absolute atomic E-state index is 0.141. The lowest BCUT2D eigenvalue weighted by Crippen LogP contribution is -2.18. The number of rotatable bonds is 8. The van der Waals surface area contributed by atoms with E-state index in [1.54, 1.807) is 0 Å². The Hall–Kier alpha value is -1.06. The molecule has 1 aliphatic rings. The van der Waals surface area contributed by atoms with Gasteiger partial charge in [-0.15, -0.1) is 0 Å². The molecule has 1 aromatic rings. The zero-order valence-corrected chi connectivity index (χ0v) is 12.0. The van der Waals surface area contributed by atoms with E-state index in [0.29, 0.717) is 13.2 Å². The summed E-state index contributed by atoms with van der Waals surface area (Å²) in [6.07, 6.45) is 3.50. The van der Waals surface area contributed by atoms with Crippen LogP contribution in [0.1, 0.15) is 37.8 Å². The van der Waals surface area contributed by atoms with Gasteiger partial charge >= 0.3 is 0 Å². The number of hydrogen-bond acceptors (Lipinski definition) is 3. The molecule has 2 N–H and O–H groups in total. The minimum atomic E-state index is 0.141. The molecule has 0 bridgehead atoms. The second-order valence-corrected chi connectivity index (χ2v) is 5.51. The van der Waals surface area contributed by atoms with Gasteiger partial charge in [0.25, 0.3) is 0 Å². The fourth-order valence-electron chi connectivity index (χ4n) is 2.15. The summed E-state index contributed by atoms with van der Waals surface area (Å²) in [4.78, 5) is 0. The average Bonchev–Trinajstić information content (AvgIpc) is 3.16. The smallest absolute Gasteiger partial charge is 0.122 e. The summed E-state index contributed by atoms with van der Waals surface area (Å²) in [5.41, 5.74) is 8.29. The molecule has 0 heterocycles. The first kappa shape index (κ1) is 14.4. The van der Waals surface area contributed by atoms with E-state index < -0.39 is 0 Å². The molecule has 0 saturated heterocycles.